The lowest BCUT2D eigenvalue weighted by Crippen LogP contribution is -2.38. The predicted molar refractivity (Wildman–Crippen MR) is 111 cm³/mol. The van der Waals surface area contributed by atoms with Crippen LogP contribution < -0.4 is 20.1 Å². The summed E-state index contributed by atoms with van der Waals surface area (Å²) < 4.78 is 34.3. The molecule has 2 aromatic rings. The van der Waals surface area contributed by atoms with E-state index in [1.54, 1.807) is 12.1 Å². The number of rotatable bonds is 9. The first-order valence-electron chi connectivity index (χ1n) is 10.0. The van der Waals surface area contributed by atoms with E-state index in [2.05, 4.69) is 32.5 Å². The Morgan fingerprint density at radius 1 is 1.20 bits per heavy atom. The lowest BCUT2D eigenvalue weighted by atomic mass is 10.1. The third-order valence-corrected chi connectivity index (χ3v) is 4.72. The first-order valence-corrected chi connectivity index (χ1v) is 10.0. The first kappa shape index (κ1) is 21.8. The van der Waals surface area contributed by atoms with Gasteiger partial charge in [0.25, 0.3) is 0 Å². The lowest BCUT2D eigenvalue weighted by molar-refractivity contribution is -0.0498. The molecule has 6 nitrogen and oxygen atoms in total. The number of ether oxygens (including phenoxy) is 2. The smallest absolute Gasteiger partial charge is 0.387 e. The van der Waals surface area contributed by atoms with Gasteiger partial charge >= 0.3 is 6.61 Å². The second-order valence-electron chi connectivity index (χ2n) is 6.90. The molecule has 0 aromatic heterocycles. The quantitative estimate of drug-likeness (QED) is 0.430. The van der Waals surface area contributed by atoms with Gasteiger partial charge in [0.1, 0.15) is 11.5 Å². The van der Waals surface area contributed by atoms with E-state index < -0.39 is 12.7 Å². The summed E-state index contributed by atoms with van der Waals surface area (Å²) in [5.41, 5.74) is 3.06. The molecule has 0 bridgehead atoms. The molecule has 0 amide bonds. The zero-order valence-electron chi connectivity index (χ0n) is 16.9. The van der Waals surface area contributed by atoms with Crippen LogP contribution in [0.25, 0.3) is 0 Å². The van der Waals surface area contributed by atoms with Crippen LogP contribution in [0.1, 0.15) is 29.7 Å². The fourth-order valence-electron chi connectivity index (χ4n) is 3.22. The van der Waals surface area contributed by atoms with Crippen molar-refractivity contribution < 1.29 is 23.4 Å². The molecular formula is C22H27F2N3O3. The molecule has 0 saturated heterocycles. The number of hydrogen-bond donors (Lipinski definition) is 3. The van der Waals surface area contributed by atoms with Crippen LogP contribution in [-0.4, -0.2) is 43.9 Å². The SMILES string of the molecule is CCNC(=NCC(O)c1ccc(OC(F)F)cc1)NCCc1ccc2c(c1)CCO2. The summed E-state index contributed by atoms with van der Waals surface area (Å²) in [5.74, 6) is 1.64. The number of aliphatic hydroxyl groups is 1. The van der Waals surface area contributed by atoms with Gasteiger partial charge in [-0.05, 0) is 48.2 Å². The molecule has 1 aliphatic heterocycles. The van der Waals surface area contributed by atoms with Crippen molar-refractivity contribution in [3.8, 4) is 11.5 Å². The van der Waals surface area contributed by atoms with Crippen LogP contribution in [0.4, 0.5) is 8.78 Å². The molecule has 30 heavy (non-hydrogen) atoms. The minimum absolute atomic E-state index is 0.0533. The molecular weight excluding hydrogens is 392 g/mol. The van der Waals surface area contributed by atoms with E-state index >= 15 is 0 Å². The third-order valence-electron chi connectivity index (χ3n) is 4.72. The molecule has 0 fully saturated rings. The van der Waals surface area contributed by atoms with Crippen molar-refractivity contribution in [2.24, 2.45) is 4.99 Å². The predicted octanol–water partition coefficient (Wildman–Crippen LogP) is 3.05. The average molecular weight is 419 g/mol. The Hall–Kier alpha value is -2.87. The molecule has 8 heteroatoms. The molecule has 1 unspecified atom stereocenters. The number of nitrogens with zero attached hydrogens (tertiary/aromatic N) is 1. The number of alkyl halides is 2. The Morgan fingerprint density at radius 2 is 2.00 bits per heavy atom. The Kier molecular flexibility index (Phi) is 7.84. The maximum absolute atomic E-state index is 12.2. The van der Waals surface area contributed by atoms with E-state index in [-0.39, 0.29) is 12.3 Å². The fraction of sp³-hybridized carbons (Fsp3) is 0.409. The molecule has 1 heterocycles. The second-order valence-corrected chi connectivity index (χ2v) is 6.90. The van der Waals surface area contributed by atoms with Crippen LogP contribution in [0, 0.1) is 0 Å². The summed E-state index contributed by atoms with van der Waals surface area (Å²) >= 11 is 0. The van der Waals surface area contributed by atoms with E-state index in [1.165, 1.54) is 23.3 Å². The normalized spacial score (nSPS) is 14.2. The first-order chi connectivity index (χ1) is 14.5. The fourth-order valence-corrected chi connectivity index (χ4v) is 3.22. The topological polar surface area (TPSA) is 75.1 Å². The number of hydrogen-bond acceptors (Lipinski definition) is 4. The minimum atomic E-state index is -2.87. The van der Waals surface area contributed by atoms with Crippen LogP contribution in [0.15, 0.2) is 47.5 Å². The Bertz CT molecular complexity index is 844. The molecule has 1 atom stereocenters. The maximum Gasteiger partial charge on any atom is 0.387 e. The molecule has 2 aromatic carbocycles. The highest BCUT2D eigenvalue weighted by atomic mass is 19.3. The Labute approximate surface area is 174 Å². The summed E-state index contributed by atoms with van der Waals surface area (Å²) in [6.45, 7) is 1.37. The largest absolute Gasteiger partial charge is 0.493 e. The van der Waals surface area contributed by atoms with Crippen LogP contribution in [0.2, 0.25) is 0 Å². The summed E-state index contributed by atoms with van der Waals surface area (Å²) in [6.07, 6.45) is 0.942. The molecule has 162 valence electrons. The third kappa shape index (κ3) is 6.32. The number of benzene rings is 2. The minimum Gasteiger partial charge on any atom is -0.493 e. The number of aliphatic hydroxyl groups excluding tert-OH is 1. The van der Waals surface area contributed by atoms with Gasteiger partial charge in [0.2, 0.25) is 0 Å². The molecule has 1 aliphatic rings. The Morgan fingerprint density at radius 3 is 2.73 bits per heavy atom. The van der Waals surface area contributed by atoms with Gasteiger partial charge < -0.3 is 25.2 Å². The molecule has 0 aliphatic carbocycles. The monoisotopic (exact) mass is 419 g/mol. The highest BCUT2D eigenvalue weighted by molar-refractivity contribution is 5.79. The van der Waals surface area contributed by atoms with Gasteiger partial charge in [0, 0.05) is 19.5 Å². The van der Waals surface area contributed by atoms with Crippen LogP contribution in [0.3, 0.4) is 0 Å². The maximum atomic E-state index is 12.2. The van der Waals surface area contributed by atoms with Crippen molar-refractivity contribution in [1.29, 1.82) is 0 Å². The van der Waals surface area contributed by atoms with Crippen molar-refractivity contribution in [3.05, 3.63) is 59.2 Å². The van der Waals surface area contributed by atoms with Crippen LogP contribution in [0.5, 0.6) is 11.5 Å². The van der Waals surface area contributed by atoms with Gasteiger partial charge in [-0.15, -0.1) is 0 Å². The van der Waals surface area contributed by atoms with Crippen LogP contribution >= 0.6 is 0 Å². The highest BCUT2D eigenvalue weighted by Gasteiger charge is 2.12. The Balaban J connectivity index is 1.50. The van der Waals surface area contributed by atoms with Gasteiger partial charge in [-0.2, -0.15) is 8.78 Å². The van der Waals surface area contributed by atoms with Crippen molar-refractivity contribution in [1.82, 2.24) is 10.6 Å². The molecule has 0 spiro atoms. The number of nitrogens with one attached hydrogen (secondary N) is 2. The molecule has 3 rings (SSSR count). The van der Waals surface area contributed by atoms with Gasteiger partial charge in [0.15, 0.2) is 5.96 Å². The molecule has 0 saturated carbocycles. The van der Waals surface area contributed by atoms with E-state index in [9.17, 15) is 13.9 Å². The standard InChI is InChI=1S/C22H27F2N3O3/c1-2-25-22(26-11-9-15-3-8-20-17(13-15)10-12-29-20)27-14-19(28)16-4-6-18(7-5-16)30-21(23)24/h3-8,13,19,21,28H,2,9-12,14H2,1H3,(H2,25,26,27). The molecule has 3 N–H and O–H groups in total. The summed E-state index contributed by atoms with van der Waals surface area (Å²) in [7, 11) is 0. The van der Waals surface area contributed by atoms with E-state index in [1.807, 2.05) is 13.0 Å². The van der Waals surface area contributed by atoms with Gasteiger partial charge in [-0.25, -0.2) is 0 Å². The highest BCUT2D eigenvalue weighted by Crippen LogP contribution is 2.26. The van der Waals surface area contributed by atoms with E-state index in [0.717, 1.165) is 25.2 Å². The van der Waals surface area contributed by atoms with Crippen molar-refractivity contribution in [2.75, 3.05) is 26.2 Å². The van der Waals surface area contributed by atoms with Gasteiger partial charge in [-0.1, -0.05) is 24.3 Å². The summed E-state index contributed by atoms with van der Waals surface area (Å²) in [6, 6.07) is 12.2. The number of guanidine groups is 1. The van der Waals surface area contributed by atoms with Crippen molar-refractivity contribution in [3.63, 3.8) is 0 Å². The number of halogens is 2. The summed E-state index contributed by atoms with van der Waals surface area (Å²) in [4.78, 5) is 4.42. The van der Waals surface area contributed by atoms with Crippen molar-refractivity contribution >= 4 is 5.96 Å². The average Bonchev–Trinajstić information content (AvgIpc) is 3.20. The number of aliphatic imine (C=N–C) groups is 1. The van der Waals surface area contributed by atoms with E-state index in [4.69, 9.17) is 4.74 Å². The lowest BCUT2D eigenvalue weighted by Gasteiger charge is -2.14. The zero-order chi connectivity index (χ0) is 21.3. The second kappa shape index (κ2) is 10.8. The van der Waals surface area contributed by atoms with Crippen molar-refractivity contribution in [2.45, 2.75) is 32.5 Å². The summed E-state index contributed by atoms with van der Waals surface area (Å²) in [5, 5.41) is 16.8. The zero-order valence-corrected chi connectivity index (χ0v) is 16.9. The number of fused-ring (bicyclic) bond motifs is 1. The van der Waals surface area contributed by atoms with Gasteiger partial charge in [0.05, 0.1) is 19.3 Å². The van der Waals surface area contributed by atoms with Gasteiger partial charge in [-0.3, -0.25) is 4.99 Å². The van der Waals surface area contributed by atoms with E-state index in [0.29, 0.717) is 24.6 Å². The molecule has 0 radical (unpaired) electrons. The van der Waals surface area contributed by atoms with Crippen LogP contribution in [-0.2, 0) is 12.8 Å².